The van der Waals surface area contributed by atoms with Crippen molar-refractivity contribution in [3.63, 3.8) is 0 Å². The maximum Gasteiger partial charge on any atom is 0.0825 e. The molecule has 2 nitrogen and oxygen atoms in total. The minimum atomic E-state index is -0.563. The second-order valence-corrected chi connectivity index (χ2v) is 4.26. The van der Waals surface area contributed by atoms with Crippen LogP contribution in [0.5, 0.6) is 0 Å². The fraction of sp³-hybridized carbons (Fsp3) is 0.364. The molecule has 0 aliphatic rings. The fourth-order valence-electron chi connectivity index (χ4n) is 1.27. The molecule has 0 saturated heterocycles. The van der Waals surface area contributed by atoms with Crippen molar-refractivity contribution in [2.75, 3.05) is 0 Å². The minimum Gasteiger partial charge on any atom is -0.388 e. The molecule has 0 radical (unpaired) electrons. The van der Waals surface area contributed by atoms with Gasteiger partial charge in [-0.3, -0.25) is 0 Å². The molecule has 0 amide bonds. The highest BCUT2D eigenvalue weighted by Crippen LogP contribution is 2.25. The Bertz CT molecular complexity index is 345. The van der Waals surface area contributed by atoms with Gasteiger partial charge in [-0.25, -0.2) is 0 Å². The van der Waals surface area contributed by atoms with Crippen molar-refractivity contribution in [2.45, 2.75) is 19.4 Å². The molecule has 2 unspecified atom stereocenters. The maximum absolute atomic E-state index is 9.87. The molecular weight excluding hydrogens is 242 g/mol. The standard InChI is InChI=1S/C11H12BrNO/c1-8(5-6-13)11(14)9-3-2-4-10(12)7-9/h2-4,7-8,11,14H,5H2,1H3. The number of aliphatic hydroxyl groups is 1. The highest BCUT2D eigenvalue weighted by Gasteiger charge is 2.15. The predicted octanol–water partition coefficient (Wildman–Crippen LogP) is 3.03. The Morgan fingerprint density at radius 2 is 2.29 bits per heavy atom. The fourth-order valence-corrected chi connectivity index (χ4v) is 1.69. The molecule has 0 aromatic heterocycles. The molecule has 1 aromatic carbocycles. The first-order valence-corrected chi connectivity index (χ1v) is 5.25. The molecule has 2 atom stereocenters. The lowest BCUT2D eigenvalue weighted by atomic mass is 9.95. The number of aliphatic hydroxyl groups excluding tert-OH is 1. The van der Waals surface area contributed by atoms with E-state index >= 15 is 0 Å². The Kier molecular flexibility index (Phi) is 4.12. The van der Waals surface area contributed by atoms with Gasteiger partial charge >= 0.3 is 0 Å². The van der Waals surface area contributed by atoms with Crippen LogP contribution in [-0.2, 0) is 0 Å². The zero-order chi connectivity index (χ0) is 10.6. The first kappa shape index (κ1) is 11.2. The highest BCUT2D eigenvalue weighted by molar-refractivity contribution is 9.10. The van der Waals surface area contributed by atoms with Crippen molar-refractivity contribution in [1.82, 2.24) is 0 Å². The van der Waals surface area contributed by atoms with Gasteiger partial charge in [0.1, 0.15) is 0 Å². The molecule has 0 bridgehead atoms. The van der Waals surface area contributed by atoms with E-state index in [1.165, 1.54) is 0 Å². The van der Waals surface area contributed by atoms with E-state index in [2.05, 4.69) is 22.0 Å². The van der Waals surface area contributed by atoms with Gasteiger partial charge in [-0.1, -0.05) is 35.0 Å². The Morgan fingerprint density at radius 1 is 1.57 bits per heavy atom. The summed E-state index contributed by atoms with van der Waals surface area (Å²) in [6.07, 6.45) is -0.194. The van der Waals surface area contributed by atoms with E-state index in [0.29, 0.717) is 6.42 Å². The molecule has 0 spiro atoms. The third kappa shape index (κ3) is 2.83. The second-order valence-electron chi connectivity index (χ2n) is 3.34. The van der Waals surface area contributed by atoms with E-state index in [4.69, 9.17) is 5.26 Å². The molecule has 1 N–H and O–H groups in total. The Morgan fingerprint density at radius 3 is 2.86 bits per heavy atom. The lowest BCUT2D eigenvalue weighted by Gasteiger charge is -2.16. The average Bonchev–Trinajstić information content (AvgIpc) is 2.17. The number of rotatable bonds is 3. The lowest BCUT2D eigenvalue weighted by molar-refractivity contribution is 0.120. The van der Waals surface area contributed by atoms with Gasteiger partial charge < -0.3 is 5.11 Å². The largest absolute Gasteiger partial charge is 0.388 e. The van der Waals surface area contributed by atoms with E-state index in [1.807, 2.05) is 31.2 Å². The summed E-state index contributed by atoms with van der Waals surface area (Å²) in [5.41, 5.74) is 0.849. The molecule has 0 aliphatic carbocycles. The van der Waals surface area contributed by atoms with Gasteiger partial charge in [0.15, 0.2) is 0 Å². The predicted molar refractivity (Wildman–Crippen MR) is 58.5 cm³/mol. The smallest absolute Gasteiger partial charge is 0.0825 e. The third-order valence-corrected chi connectivity index (χ3v) is 2.64. The van der Waals surface area contributed by atoms with Crippen molar-refractivity contribution in [1.29, 1.82) is 5.26 Å². The number of benzene rings is 1. The van der Waals surface area contributed by atoms with Crippen LogP contribution in [0.25, 0.3) is 0 Å². The van der Waals surface area contributed by atoms with Gasteiger partial charge in [-0.05, 0) is 23.6 Å². The zero-order valence-corrected chi connectivity index (χ0v) is 9.53. The van der Waals surface area contributed by atoms with Gasteiger partial charge in [0.2, 0.25) is 0 Å². The summed E-state index contributed by atoms with van der Waals surface area (Å²) >= 11 is 3.34. The summed E-state index contributed by atoms with van der Waals surface area (Å²) in [6, 6.07) is 9.58. The van der Waals surface area contributed by atoms with Crippen molar-refractivity contribution in [2.24, 2.45) is 5.92 Å². The van der Waals surface area contributed by atoms with Gasteiger partial charge in [-0.15, -0.1) is 0 Å². The van der Waals surface area contributed by atoms with Gasteiger partial charge in [0.05, 0.1) is 12.2 Å². The van der Waals surface area contributed by atoms with Crippen LogP contribution >= 0.6 is 15.9 Å². The first-order chi connectivity index (χ1) is 6.65. The summed E-state index contributed by atoms with van der Waals surface area (Å²) in [4.78, 5) is 0. The molecule has 0 heterocycles. The number of hydrogen-bond donors (Lipinski definition) is 1. The monoisotopic (exact) mass is 253 g/mol. The van der Waals surface area contributed by atoms with Crippen LogP contribution in [0.3, 0.4) is 0 Å². The van der Waals surface area contributed by atoms with Crippen molar-refractivity contribution >= 4 is 15.9 Å². The second kappa shape index (κ2) is 5.14. The Balaban J connectivity index is 2.79. The summed E-state index contributed by atoms with van der Waals surface area (Å²) in [6.45, 7) is 1.87. The molecule has 0 aliphatic heterocycles. The third-order valence-electron chi connectivity index (χ3n) is 2.14. The molecule has 3 heteroatoms. The number of halogens is 1. The van der Waals surface area contributed by atoms with Crippen LogP contribution in [0.1, 0.15) is 25.0 Å². The lowest BCUT2D eigenvalue weighted by Crippen LogP contribution is -2.08. The zero-order valence-electron chi connectivity index (χ0n) is 7.94. The van der Waals surface area contributed by atoms with Crippen LogP contribution in [0.2, 0.25) is 0 Å². The molecule has 14 heavy (non-hydrogen) atoms. The summed E-state index contributed by atoms with van der Waals surface area (Å²) in [5, 5.41) is 18.4. The van der Waals surface area contributed by atoms with Gasteiger partial charge in [0, 0.05) is 10.9 Å². The summed E-state index contributed by atoms with van der Waals surface area (Å²) < 4.78 is 0.943. The van der Waals surface area contributed by atoms with Crippen LogP contribution in [-0.4, -0.2) is 5.11 Å². The highest BCUT2D eigenvalue weighted by atomic mass is 79.9. The van der Waals surface area contributed by atoms with Crippen LogP contribution in [0.4, 0.5) is 0 Å². The molecule has 1 rings (SSSR count). The number of nitriles is 1. The normalized spacial score (nSPS) is 14.4. The van der Waals surface area contributed by atoms with E-state index in [1.54, 1.807) is 0 Å². The van der Waals surface area contributed by atoms with E-state index in [9.17, 15) is 5.11 Å². The molecular formula is C11H12BrNO. The number of nitrogens with zero attached hydrogens (tertiary/aromatic N) is 1. The summed E-state index contributed by atoms with van der Waals surface area (Å²) in [7, 11) is 0. The minimum absolute atomic E-state index is 0.0331. The van der Waals surface area contributed by atoms with E-state index in [0.717, 1.165) is 10.0 Å². The van der Waals surface area contributed by atoms with E-state index in [-0.39, 0.29) is 5.92 Å². The Labute approximate surface area is 92.3 Å². The quantitative estimate of drug-likeness (QED) is 0.900. The van der Waals surface area contributed by atoms with Crippen molar-refractivity contribution in [3.05, 3.63) is 34.3 Å². The first-order valence-electron chi connectivity index (χ1n) is 4.45. The van der Waals surface area contributed by atoms with E-state index < -0.39 is 6.10 Å². The maximum atomic E-state index is 9.87. The van der Waals surface area contributed by atoms with Crippen LogP contribution < -0.4 is 0 Å². The summed E-state index contributed by atoms with van der Waals surface area (Å²) in [5.74, 6) is -0.0331. The van der Waals surface area contributed by atoms with Crippen molar-refractivity contribution in [3.8, 4) is 6.07 Å². The molecule has 0 saturated carbocycles. The average molecular weight is 254 g/mol. The SMILES string of the molecule is CC(CC#N)C(O)c1cccc(Br)c1. The van der Waals surface area contributed by atoms with Crippen molar-refractivity contribution < 1.29 is 5.11 Å². The topological polar surface area (TPSA) is 44.0 Å². The Hall–Kier alpha value is -0.850. The van der Waals surface area contributed by atoms with Gasteiger partial charge in [-0.2, -0.15) is 5.26 Å². The van der Waals surface area contributed by atoms with Gasteiger partial charge in [0.25, 0.3) is 0 Å². The molecule has 0 fully saturated rings. The van der Waals surface area contributed by atoms with Crippen LogP contribution in [0.15, 0.2) is 28.7 Å². The molecule has 74 valence electrons. The number of hydrogen-bond acceptors (Lipinski definition) is 2. The molecule has 1 aromatic rings. The van der Waals surface area contributed by atoms with Crippen LogP contribution in [0, 0.1) is 17.2 Å².